The molecule has 1 heterocycles. The summed E-state index contributed by atoms with van der Waals surface area (Å²) in [5, 5.41) is 22.9. The monoisotopic (exact) mass is 1000 g/mol. The van der Waals surface area contributed by atoms with Crippen molar-refractivity contribution in [2.24, 2.45) is 0 Å². The highest BCUT2D eigenvalue weighted by molar-refractivity contribution is 6.11. The molecule has 0 aliphatic rings. The fourth-order valence-electron chi connectivity index (χ4n) is 6.66. The third-order valence-electron chi connectivity index (χ3n) is 10.2. The highest BCUT2D eigenvalue weighted by Gasteiger charge is 2.27. The van der Waals surface area contributed by atoms with Crippen molar-refractivity contribution in [3.8, 4) is 34.8 Å². The van der Waals surface area contributed by atoms with Crippen molar-refractivity contribution in [2.75, 3.05) is 61.9 Å². The molecule has 0 spiro atoms. The number of hydrogen-bond acceptors (Lipinski definition) is 14. The van der Waals surface area contributed by atoms with Gasteiger partial charge in [-0.15, -0.1) is 0 Å². The van der Waals surface area contributed by atoms with Crippen LogP contribution in [0.4, 0.5) is 22.7 Å². The Bertz CT molecular complexity index is 2980. The topological polar surface area (TPSA) is 255 Å². The van der Waals surface area contributed by atoms with E-state index >= 15 is 0 Å². The Labute approximate surface area is 427 Å². The molecule has 0 unspecified atom stereocenters. The maximum atomic E-state index is 13.9. The van der Waals surface area contributed by atoms with Crippen LogP contribution in [0.2, 0.25) is 0 Å². The molecule has 0 aliphatic heterocycles. The summed E-state index contributed by atoms with van der Waals surface area (Å²) in [5.74, 6) is -3.23. The zero-order valence-corrected chi connectivity index (χ0v) is 40.8. The molecule has 5 rings (SSSR count). The predicted octanol–water partition coefficient (Wildman–Crippen LogP) is 8.33. The van der Waals surface area contributed by atoms with E-state index in [-0.39, 0.29) is 88.7 Å². The first-order valence-corrected chi connectivity index (χ1v) is 22.5. The lowest BCUT2D eigenvalue weighted by molar-refractivity contribution is -0.118. The van der Waals surface area contributed by atoms with Gasteiger partial charge in [-0.1, -0.05) is 62.8 Å². The zero-order valence-electron chi connectivity index (χ0n) is 40.8. The first-order chi connectivity index (χ1) is 35.8. The number of hydrogen-bond donors (Lipinski definition) is 5. The number of nitrogens with one attached hydrogen (secondary N) is 5. The maximum absolute atomic E-state index is 13.9. The summed E-state index contributed by atoms with van der Waals surface area (Å²) in [6, 6.07) is 22.0. The van der Waals surface area contributed by atoms with Gasteiger partial charge in [0.05, 0.1) is 55.5 Å². The summed E-state index contributed by atoms with van der Waals surface area (Å²) >= 11 is 0. The molecule has 1 aromatic heterocycles. The molecule has 0 aliphatic carbocycles. The van der Waals surface area contributed by atoms with Crippen LogP contribution in [-0.4, -0.2) is 87.2 Å². The summed E-state index contributed by atoms with van der Waals surface area (Å²) in [4.78, 5) is 83.8. The van der Waals surface area contributed by atoms with E-state index in [1.165, 1.54) is 99.3 Å². The number of rotatable bonds is 26. The lowest BCUT2D eigenvalue weighted by Crippen LogP contribution is -2.43. The van der Waals surface area contributed by atoms with Crippen molar-refractivity contribution in [2.45, 2.75) is 19.4 Å². The lowest BCUT2D eigenvalue weighted by Gasteiger charge is -2.20. The van der Waals surface area contributed by atoms with Gasteiger partial charge in [-0.25, -0.2) is 9.78 Å². The first kappa shape index (κ1) is 55.0. The number of esters is 1. The minimum Gasteiger partial charge on any atom is -0.491 e. The normalized spacial score (nSPS) is 10.9. The molecule has 1 atom stereocenters. The van der Waals surface area contributed by atoms with Gasteiger partial charge in [0.15, 0.2) is 23.0 Å². The molecule has 19 nitrogen and oxygen atoms in total. The average Bonchev–Trinajstić information content (AvgIpc) is 3.40. The van der Waals surface area contributed by atoms with Gasteiger partial charge < -0.3 is 55.0 Å². The summed E-state index contributed by atoms with van der Waals surface area (Å²) in [7, 11) is 2.66. The molecule has 4 aromatic carbocycles. The molecule has 0 radical (unpaired) electrons. The van der Waals surface area contributed by atoms with Crippen LogP contribution >= 0.6 is 0 Å². The van der Waals surface area contributed by atoms with Crippen LogP contribution in [0.5, 0.6) is 28.7 Å². The predicted molar refractivity (Wildman–Crippen MR) is 279 cm³/mol. The number of nitriles is 1. The second-order valence-electron chi connectivity index (χ2n) is 15.4. The van der Waals surface area contributed by atoms with E-state index in [0.717, 1.165) is 5.56 Å². The average molecular weight is 1000 g/mol. The van der Waals surface area contributed by atoms with E-state index in [1.807, 2.05) is 18.2 Å². The standard InChI is InChI=1S/C55H53N7O12/c1-8-28-71-39-19-12-35(13-20-39)32-34(5)50(63)59-38-18-23-44(57-33-38)53(66)62-45(26-27-56)54(67)58-37-16-14-36(15-17-37)51(64)60-42-24-21-40(46(48(42)69-6)72-29-9-2)52(65)61-43-25-22-41(55(68)74-31-11-4)47(49(43)70-7)73-30-10-3/h8-25,32-33,45H,1-4,26,28-31H2,5-7H3,(H,58,67)(H,59,63)(H,60,64)(H,61,65)(H,62,66)/t45-/m0/s1. The van der Waals surface area contributed by atoms with Crippen LogP contribution in [0, 0.1) is 11.3 Å². The molecule has 5 N–H and O–H groups in total. The summed E-state index contributed by atoms with van der Waals surface area (Å²) < 4.78 is 33.6. The van der Waals surface area contributed by atoms with Gasteiger partial charge >= 0.3 is 5.97 Å². The molecule has 74 heavy (non-hydrogen) atoms. The van der Waals surface area contributed by atoms with Crippen LogP contribution < -0.4 is 50.3 Å². The van der Waals surface area contributed by atoms with E-state index in [2.05, 4.69) is 57.9 Å². The highest BCUT2D eigenvalue weighted by Crippen LogP contribution is 2.42. The summed E-state index contributed by atoms with van der Waals surface area (Å²) in [6.07, 6.45) is 8.57. The minimum absolute atomic E-state index is 0.00169. The number of methoxy groups -OCH3 is 2. The van der Waals surface area contributed by atoms with Gasteiger partial charge in [0.25, 0.3) is 23.6 Å². The number of pyridine rings is 1. The van der Waals surface area contributed by atoms with Crippen molar-refractivity contribution in [1.82, 2.24) is 10.3 Å². The molecular formula is C55H53N7O12. The Balaban J connectivity index is 1.23. The van der Waals surface area contributed by atoms with Crippen LogP contribution in [0.15, 0.2) is 147 Å². The molecule has 0 bridgehead atoms. The summed E-state index contributed by atoms with van der Waals surface area (Å²) in [6.45, 7) is 16.4. The third kappa shape index (κ3) is 14.8. The van der Waals surface area contributed by atoms with Crippen molar-refractivity contribution in [1.29, 1.82) is 5.26 Å². The number of carbonyl (C=O) groups excluding carboxylic acids is 6. The first-order valence-electron chi connectivity index (χ1n) is 22.5. The van der Waals surface area contributed by atoms with E-state index in [4.69, 9.17) is 28.4 Å². The van der Waals surface area contributed by atoms with Gasteiger partial charge in [0, 0.05) is 16.8 Å². The molecule has 5 aromatic rings. The maximum Gasteiger partial charge on any atom is 0.342 e. The van der Waals surface area contributed by atoms with Crippen molar-refractivity contribution in [3.63, 3.8) is 0 Å². The largest absolute Gasteiger partial charge is 0.491 e. The van der Waals surface area contributed by atoms with Gasteiger partial charge in [0.2, 0.25) is 5.91 Å². The highest BCUT2D eigenvalue weighted by atomic mass is 16.5. The molecule has 0 fully saturated rings. The van der Waals surface area contributed by atoms with Gasteiger partial charge in [-0.05, 0) is 91.4 Å². The van der Waals surface area contributed by atoms with E-state index in [1.54, 1.807) is 31.2 Å². The summed E-state index contributed by atoms with van der Waals surface area (Å²) in [5.41, 5.74) is 2.10. The SMILES string of the molecule is C=CCOC(=O)c1ccc(NC(=O)c2ccc(NC(=O)c3ccc(NC(=O)[C@H](CC#N)NC(=O)c4ccc(NC(=O)C(C)=Cc5ccc(OCC=C)cc5)cn4)cc3)c(OC)c2OCC=C)c(OC)c1OCC=C. The van der Waals surface area contributed by atoms with Crippen molar-refractivity contribution in [3.05, 3.63) is 175 Å². The van der Waals surface area contributed by atoms with Crippen LogP contribution in [0.1, 0.15) is 60.5 Å². The fourth-order valence-corrected chi connectivity index (χ4v) is 6.66. The van der Waals surface area contributed by atoms with Crippen LogP contribution in [0.3, 0.4) is 0 Å². The third-order valence-corrected chi connectivity index (χ3v) is 10.2. The Hall–Kier alpha value is -9.96. The molecule has 380 valence electrons. The fraction of sp³-hybridized carbons (Fsp3) is 0.164. The second kappa shape index (κ2) is 27.4. The van der Waals surface area contributed by atoms with Gasteiger partial charge in [-0.2, -0.15) is 5.26 Å². The van der Waals surface area contributed by atoms with Crippen molar-refractivity contribution < 1.29 is 57.2 Å². The Morgan fingerprint density at radius 1 is 0.622 bits per heavy atom. The molecular weight excluding hydrogens is 951 g/mol. The van der Waals surface area contributed by atoms with E-state index in [0.29, 0.717) is 23.6 Å². The number of amides is 5. The number of carbonyl (C=O) groups is 6. The van der Waals surface area contributed by atoms with Crippen molar-refractivity contribution >= 4 is 64.3 Å². The zero-order chi connectivity index (χ0) is 53.6. The number of nitrogens with zero attached hydrogens (tertiary/aromatic N) is 2. The molecule has 19 heteroatoms. The second-order valence-corrected chi connectivity index (χ2v) is 15.4. The Morgan fingerprint density at radius 3 is 1.76 bits per heavy atom. The molecule has 0 saturated carbocycles. The molecule has 5 amide bonds. The van der Waals surface area contributed by atoms with E-state index in [9.17, 15) is 34.0 Å². The number of aromatic nitrogens is 1. The van der Waals surface area contributed by atoms with Gasteiger partial charge in [-0.3, -0.25) is 24.0 Å². The Kier molecular flexibility index (Phi) is 20.4. The number of anilines is 4. The smallest absolute Gasteiger partial charge is 0.342 e. The van der Waals surface area contributed by atoms with E-state index < -0.39 is 41.5 Å². The van der Waals surface area contributed by atoms with Crippen LogP contribution in [0.25, 0.3) is 6.08 Å². The lowest BCUT2D eigenvalue weighted by atomic mass is 10.1. The number of ether oxygens (including phenoxy) is 6. The number of benzene rings is 4. The Morgan fingerprint density at radius 2 is 1.19 bits per heavy atom. The minimum atomic E-state index is -1.29. The quantitative estimate of drug-likeness (QED) is 0.0198. The van der Waals surface area contributed by atoms with Crippen LogP contribution in [-0.2, 0) is 14.3 Å². The van der Waals surface area contributed by atoms with Gasteiger partial charge in [0.1, 0.15) is 49.5 Å². The molecule has 0 saturated heterocycles.